The molecule has 1 rings (SSSR count). The lowest BCUT2D eigenvalue weighted by Gasteiger charge is -2.21. The second-order valence-electron chi connectivity index (χ2n) is 4.86. The Balaban J connectivity index is 2.66. The second-order valence-corrected chi connectivity index (χ2v) is 6.43. The van der Waals surface area contributed by atoms with Crippen molar-refractivity contribution < 1.29 is 0 Å². The predicted octanol–water partition coefficient (Wildman–Crippen LogP) is 4.82. The summed E-state index contributed by atoms with van der Waals surface area (Å²) in [4.78, 5) is 1.41. The fourth-order valence-electron chi connectivity index (χ4n) is 1.27. The van der Waals surface area contributed by atoms with Crippen LogP contribution in [-0.4, -0.2) is 11.1 Å². The van der Waals surface area contributed by atoms with Gasteiger partial charge in [0, 0.05) is 16.0 Å². The first-order valence-electron chi connectivity index (χ1n) is 5.21. The van der Waals surface area contributed by atoms with Crippen molar-refractivity contribution in [3.8, 4) is 0 Å². The van der Waals surface area contributed by atoms with Gasteiger partial charge in [0.15, 0.2) is 0 Å². The first-order chi connectivity index (χ1) is 6.94. The maximum atomic E-state index is 3.56. The van der Waals surface area contributed by atoms with E-state index < -0.39 is 0 Å². The summed E-state index contributed by atoms with van der Waals surface area (Å²) in [5, 5.41) is 1.05. The maximum Gasteiger partial charge on any atom is 0.0102 e. The van der Waals surface area contributed by atoms with Crippen LogP contribution in [0.1, 0.15) is 25.0 Å². The quantitative estimate of drug-likeness (QED) is 0.565. The van der Waals surface area contributed by atoms with Crippen LogP contribution in [0.15, 0.2) is 23.1 Å². The molecule has 0 aliphatic heterocycles. The van der Waals surface area contributed by atoms with Gasteiger partial charge in [-0.2, -0.15) is 0 Å². The molecule has 1 aromatic carbocycles. The molecule has 0 aromatic heterocycles. The minimum absolute atomic E-state index is 0.363. The van der Waals surface area contributed by atoms with Crippen LogP contribution in [-0.2, 0) is 0 Å². The first kappa shape index (κ1) is 13.1. The van der Waals surface area contributed by atoms with E-state index in [0.29, 0.717) is 5.41 Å². The summed E-state index contributed by atoms with van der Waals surface area (Å²) in [7, 11) is 0. The SMILES string of the molecule is Cc1ccc(SCC(C)(C)CBr)c(C)c1. The van der Waals surface area contributed by atoms with E-state index in [1.165, 1.54) is 16.0 Å². The molecule has 0 radical (unpaired) electrons. The van der Waals surface area contributed by atoms with Gasteiger partial charge in [0.2, 0.25) is 0 Å². The van der Waals surface area contributed by atoms with Gasteiger partial charge in [-0.3, -0.25) is 0 Å². The van der Waals surface area contributed by atoms with Crippen LogP contribution >= 0.6 is 27.7 Å². The molecule has 1 aromatic rings. The Morgan fingerprint density at radius 2 is 1.93 bits per heavy atom. The number of aryl methyl sites for hydroxylation is 2. The zero-order valence-electron chi connectivity index (χ0n) is 9.93. The summed E-state index contributed by atoms with van der Waals surface area (Å²) in [6.07, 6.45) is 0. The molecule has 15 heavy (non-hydrogen) atoms. The van der Waals surface area contributed by atoms with Crippen LogP contribution < -0.4 is 0 Å². The monoisotopic (exact) mass is 286 g/mol. The summed E-state index contributed by atoms with van der Waals surface area (Å²) in [6.45, 7) is 8.91. The zero-order valence-corrected chi connectivity index (χ0v) is 12.3. The van der Waals surface area contributed by atoms with Crippen LogP contribution in [0.3, 0.4) is 0 Å². The molecule has 0 saturated carbocycles. The number of alkyl halides is 1. The first-order valence-corrected chi connectivity index (χ1v) is 7.31. The molecule has 0 amide bonds. The Labute approximate surface area is 106 Å². The van der Waals surface area contributed by atoms with Crippen molar-refractivity contribution in [1.82, 2.24) is 0 Å². The van der Waals surface area contributed by atoms with Gasteiger partial charge >= 0.3 is 0 Å². The Morgan fingerprint density at radius 3 is 2.47 bits per heavy atom. The highest BCUT2D eigenvalue weighted by molar-refractivity contribution is 9.09. The van der Waals surface area contributed by atoms with Crippen LogP contribution in [0.5, 0.6) is 0 Å². The van der Waals surface area contributed by atoms with Crippen molar-refractivity contribution >= 4 is 27.7 Å². The molecule has 0 nitrogen and oxygen atoms in total. The van der Waals surface area contributed by atoms with Crippen LogP contribution in [0.25, 0.3) is 0 Å². The summed E-state index contributed by atoms with van der Waals surface area (Å²) < 4.78 is 0. The van der Waals surface area contributed by atoms with Gasteiger partial charge in [0.05, 0.1) is 0 Å². The molecule has 0 bridgehead atoms. The fourth-order valence-corrected chi connectivity index (χ4v) is 2.83. The van der Waals surface area contributed by atoms with E-state index in [2.05, 4.69) is 61.8 Å². The van der Waals surface area contributed by atoms with E-state index in [-0.39, 0.29) is 0 Å². The zero-order chi connectivity index (χ0) is 11.5. The maximum absolute atomic E-state index is 3.56. The Morgan fingerprint density at radius 1 is 1.27 bits per heavy atom. The number of benzene rings is 1. The largest absolute Gasteiger partial charge is 0.125 e. The number of thioether (sulfide) groups is 1. The summed E-state index contributed by atoms with van der Waals surface area (Å²) in [5.74, 6) is 1.15. The fraction of sp³-hybridized carbons (Fsp3) is 0.538. The van der Waals surface area contributed by atoms with Crippen LogP contribution in [0.4, 0.5) is 0 Å². The van der Waals surface area contributed by atoms with Crippen molar-refractivity contribution in [3.63, 3.8) is 0 Å². The molecule has 0 unspecified atom stereocenters. The third-order valence-electron chi connectivity index (χ3n) is 2.31. The molecule has 0 aliphatic carbocycles. The molecule has 0 spiro atoms. The van der Waals surface area contributed by atoms with Crippen molar-refractivity contribution in [2.24, 2.45) is 5.41 Å². The van der Waals surface area contributed by atoms with Gasteiger partial charge < -0.3 is 0 Å². The molecule has 0 N–H and O–H groups in total. The van der Waals surface area contributed by atoms with E-state index >= 15 is 0 Å². The van der Waals surface area contributed by atoms with Crippen molar-refractivity contribution in [2.45, 2.75) is 32.6 Å². The lowest BCUT2D eigenvalue weighted by Crippen LogP contribution is -2.16. The second kappa shape index (κ2) is 5.40. The minimum Gasteiger partial charge on any atom is -0.125 e. The summed E-state index contributed by atoms with van der Waals surface area (Å²) >= 11 is 5.52. The molecular weight excluding hydrogens is 268 g/mol. The lowest BCUT2D eigenvalue weighted by molar-refractivity contribution is 0.496. The van der Waals surface area contributed by atoms with Crippen molar-refractivity contribution in [1.29, 1.82) is 0 Å². The molecule has 0 heterocycles. The normalized spacial score (nSPS) is 11.8. The van der Waals surface area contributed by atoms with Crippen LogP contribution in [0.2, 0.25) is 0 Å². The van der Waals surface area contributed by atoms with E-state index in [4.69, 9.17) is 0 Å². The lowest BCUT2D eigenvalue weighted by atomic mass is 10.0. The molecule has 0 atom stereocenters. The predicted molar refractivity (Wildman–Crippen MR) is 74.2 cm³/mol. The van der Waals surface area contributed by atoms with Crippen molar-refractivity contribution in [2.75, 3.05) is 11.1 Å². The number of hydrogen-bond donors (Lipinski definition) is 0. The summed E-state index contributed by atoms with van der Waals surface area (Å²) in [5.41, 5.74) is 3.10. The highest BCUT2D eigenvalue weighted by atomic mass is 79.9. The van der Waals surface area contributed by atoms with Gasteiger partial charge in [0.1, 0.15) is 0 Å². The number of rotatable bonds is 4. The summed E-state index contributed by atoms with van der Waals surface area (Å²) in [6, 6.07) is 6.68. The van der Waals surface area contributed by atoms with Gasteiger partial charge in [0.25, 0.3) is 0 Å². The van der Waals surface area contributed by atoms with E-state index in [1.54, 1.807) is 0 Å². The average Bonchev–Trinajstić information content (AvgIpc) is 2.16. The molecule has 84 valence electrons. The van der Waals surface area contributed by atoms with Gasteiger partial charge in [-0.25, -0.2) is 0 Å². The molecule has 0 fully saturated rings. The van der Waals surface area contributed by atoms with Crippen LogP contribution in [0, 0.1) is 19.3 Å². The Hall–Kier alpha value is 0.0500. The molecular formula is C13H19BrS. The van der Waals surface area contributed by atoms with E-state index in [0.717, 1.165) is 11.1 Å². The van der Waals surface area contributed by atoms with Crippen molar-refractivity contribution in [3.05, 3.63) is 29.3 Å². The molecule has 2 heteroatoms. The Bertz CT molecular complexity index is 331. The topological polar surface area (TPSA) is 0 Å². The highest BCUT2D eigenvalue weighted by Crippen LogP contribution is 2.31. The Kier molecular flexibility index (Phi) is 4.72. The van der Waals surface area contributed by atoms with Gasteiger partial charge in [-0.15, -0.1) is 11.8 Å². The smallest absolute Gasteiger partial charge is 0.0102 e. The number of halogens is 1. The third-order valence-corrected chi connectivity index (χ3v) is 5.52. The minimum atomic E-state index is 0.363. The van der Waals surface area contributed by atoms with E-state index in [9.17, 15) is 0 Å². The van der Waals surface area contributed by atoms with Gasteiger partial charge in [-0.05, 0) is 30.9 Å². The standard InChI is InChI=1S/C13H19BrS/c1-10-5-6-12(11(2)7-10)15-9-13(3,4)8-14/h5-7H,8-9H2,1-4H3. The molecule has 0 saturated heterocycles. The van der Waals surface area contributed by atoms with Gasteiger partial charge in [-0.1, -0.05) is 47.5 Å². The average molecular weight is 287 g/mol. The van der Waals surface area contributed by atoms with E-state index in [1.807, 2.05) is 11.8 Å². The molecule has 0 aliphatic rings. The highest BCUT2D eigenvalue weighted by Gasteiger charge is 2.16. The third kappa shape index (κ3) is 4.20. The number of hydrogen-bond acceptors (Lipinski definition) is 1.